The molecule has 1 aromatic heterocycles. The number of nitrogens with zero attached hydrogens (tertiary/aromatic N) is 2. The molecule has 2 aromatic carbocycles. The molecule has 1 heterocycles. The van der Waals surface area contributed by atoms with Gasteiger partial charge in [0.2, 0.25) is 0 Å². The minimum atomic E-state index is -2.09. The summed E-state index contributed by atoms with van der Waals surface area (Å²) in [5, 5.41) is 24.1. The summed E-state index contributed by atoms with van der Waals surface area (Å²) in [7, 11) is 1.56. The lowest BCUT2D eigenvalue weighted by atomic mass is 10.0. The summed E-state index contributed by atoms with van der Waals surface area (Å²) in [6.45, 7) is 1.88. The zero-order chi connectivity index (χ0) is 20.1. The average molecular weight is 416 g/mol. The first-order valence-electron chi connectivity index (χ1n) is 8.62. The fourth-order valence-corrected chi connectivity index (χ4v) is 2.73. The Kier molecular flexibility index (Phi) is 7.37. The monoisotopic (exact) mass is 415 g/mol. The SMILES string of the molecule is C#Cc1cccc(Nc2ncnc3cc(C(C)(O)O)c(OCCOC)cc23)c1.Cl. The van der Waals surface area contributed by atoms with Crippen molar-refractivity contribution in [1.82, 2.24) is 9.97 Å². The fraction of sp³-hybridized carbons (Fsp3) is 0.238. The molecule has 0 fully saturated rings. The number of hydrogen-bond donors (Lipinski definition) is 3. The summed E-state index contributed by atoms with van der Waals surface area (Å²) in [5.74, 6) is 1.36. The van der Waals surface area contributed by atoms with Crippen molar-refractivity contribution in [3.05, 3.63) is 53.9 Å². The van der Waals surface area contributed by atoms with Crippen LogP contribution in [-0.2, 0) is 10.5 Å². The summed E-state index contributed by atoms with van der Waals surface area (Å²) in [6, 6.07) is 10.6. The van der Waals surface area contributed by atoms with Gasteiger partial charge >= 0.3 is 0 Å². The Hall–Kier alpha value is -2.89. The van der Waals surface area contributed by atoms with Gasteiger partial charge in [0.25, 0.3) is 0 Å². The van der Waals surface area contributed by atoms with Crippen molar-refractivity contribution in [2.45, 2.75) is 12.7 Å². The molecule has 29 heavy (non-hydrogen) atoms. The van der Waals surface area contributed by atoms with E-state index >= 15 is 0 Å². The molecule has 0 saturated carbocycles. The van der Waals surface area contributed by atoms with E-state index < -0.39 is 5.79 Å². The van der Waals surface area contributed by atoms with Crippen LogP contribution in [0, 0.1) is 12.3 Å². The number of methoxy groups -OCH3 is 1. The van der Waals surface area contributed by atoms with E-state index in [9.17, 15) is 10.2 Å². The van der Waals surface area contributed by atoms with Crippen molar-refractivity contribution >= 4 is 34.8 Å². The van der Waals surface area contributed by atoms with Gasteiger partial charge in [-0.05, 0) is 37.3 Å². The second kappa shape index (κ2) is 9.54. The Morgan fingerprint density at radius 1 is 1.17 bits per heavy atom. The molecule has 0 bridgehead atoms. The Morgan fingerprint density at radius 3 is 2.66 bits per heavy atom. The molecule has 3 aromatic rings. The number of rotatable bonds is 7. The number of hydrogen-bond acceptors (Lipinski definition) is 7. The topological polar surface area (TPSA) is 96.7 Å². The van der Waals surface area contributed by atoms with E-state index in [1.54, 1.807) is 19.2 Å². The molecule has 0 spiro atoms. The highest BCUT2D eigenvalue weighted by atomic mass is 35.5. The van der Waals surface area contributed by atoms with Crippen LogP contribution in [0.1, 0.15) is 18.1 Å². The van der Waals surface area contributed by atoms with Crippen LogP contribution in [-0.4, -0.2) is 40.5 Å². The van der Waals surface area contributed by atoms with Gasteiger partial charge in [0, 0.05) is 23.7 Å². The molecular formula is C21H22ClN3O4. The molecule has 0 radical (unpaired) electrons. The molecule has 0 atom stereocenters. The molecule has 3 rings (SSSR count). The highest BCUT2D eigenvalue weighted by molar-refractivity contribution is 5.92. The van der Waals surface area contributed by atoms with Gasteiger partial charge in [-0.25, -0.2) is 9.97 Å². The van der Waals surface area contributed by atoms with Gasteiger partial charge in [0.1, 0.15) is 24.5 Å². The van der Waals surface area contributed by atoms with Crippen LogP contribution in [0.5, 0.6) is 5.75 Å². The molecule has 0 amide bonds. The third kappa shape index (κ3) is 5.34. The van der Waals surface area contributed by atoms with Crippen LogP contribution in [0.25, 0.3) is 10.9 Å². The van der Waals surface area contributed by atoms with Gasteiger partial charge in [-0.3, -0.25) is 0 Å². The van der Waals surface area contributed by atoms with Crippen molar-refractivity contribution in [1.29, 1.82) is 0 Å². The van der Waals surface area contributed by atoms with Crippen molar-refractivity contribution in [2.24, 2.45) is 0 Å². The van der Waals surface area contributed by atoms with Gasteiger partial charge in [0.05, 0.1) is 17.7 Å². The standard InChI is InChI=1S/C21H21N3O4.ClH/c1-4-14-6-5-7-15(10-14)24-20-16-11-19(28-9-8-27-3)17(21(2,25)26)12-18(16)22-13-23-20;/h1,5-7,10-13,25-26H,8-9H2,2-3H3,(H,22,23,24);1H. The summed E-state index contributed by atoms with van der Waals surface area (Å²) in [4.78, 5) is 8.55. The molecule has 8 heteroatoms. The number of aromatic nitrogens is 2. The van der Waals surface area contributed by atoms with E-state index in [0.717, 1.165) is 11.3 Å². The van der Waals surface area contributed by atoms with E-state index in [2.05, 4.69) is 21.2 Å². The van der Waals surface area contributed by atoms with Gasteiger partial charge in [-0.1, -0.05) is 12.0 Å². The second-order valence-electron chi connectivity index (χ2n) is 6.30. The first-order valence-corrected chi connectivity index (χ1v) is 8.62. The molecule has 3 N–H and O–H groups in total. The Bertz CT molecular complexity index is 1030. The lowest BCUT2D eigenvalue weighted by Crippen LogP contribution is -2.21. The van der Waals surface area contributed by atoms with Crippen LogP contribution in [0.15, 0.2) is 42.7 Å². The predicted molar refractivity (Wildman–Crippen MR) is 114 cm³/mol. The maximum atomic E-state index is 10.1. The number of fused-ring (bicyclic) bond motifs is 1. The van der Waals surface area contributed by atoms with Gasteiger partial charge in [-0.2, -0.15) is 0 Å². The smallest absolute Gasteiger partial charge is 0.190 e. The molecule has 0 unspecified atom stereocenters. The van der Waals surface area contributed by atoms with Gasteiger partial charge < -0.3 is 25.0 Å². The number of aliphatic hydroxyl groups is 2. The Balaban J connectivity index is 0.00000300. The number of terminal acetylenes is 1. The Labute approximate surface area is 175 Å². The minimum Gasteiger partial charge on any atom is -0.491 e. The fourth-order valence-electron chi connectivity index (χ4n) is 2.73. The van der Waals surface area contributed by atoms with Crippen LogP contribution in [0.3, 0.4) is 0 Å². The van der Waals surface area contributed by atoms with Crippen molar-refractivity contribution in [3.63, 3.8) is 0 Å². The number of anilines is 2. The van der Waals surface area contributed by atoms with Crippen LogP contribution >= 0.6 is 12.4 Å². The van der Waals surface area contributed by atoms with Crippen LogP contribution < -0.4 is 10.1 Å². The lowest BCUT2D eigenvalue weighted by Gasteiger charge is -2.21. The molecular weight excluding hydrogens is 394 g/mol. The number of nitrogens with one attached hydrogen (secondary N) is 1. The van der Waals surface area contributed by atoms with E-state index in [0.29, 0.717) is 29.1 Å². The van der Waals surface area contributed by atoms with E-state index in [4.69, 9.17) is 15.9 Å². The molecule has 0 aliphatic carbocycles. The normalized spacial score (nSPS) is 10.9. The second-order valence-corrected chi connectivity index (χ2v) is 6.30. The maximum absolute atomic E-state index is 10.1. The molecule has 152 valence electrons. The van der Waals surface area contributed by atoms with E-state index in [1.165, 1.54) is 13.3 Å². The maximum Gasteiger partial charge on any atom is 0.190 e. The summed E-state index contributed by atoms with van der Waals surface area (Å²) >= 11 is 0. The molecule has 0 aliphatic rings. The highest BCUT2D eigenvalue weighted by Crippen LogP contribution is 2.34. The van der Waals surface area contributed by atoms with Crippen molar-refractivity contribution in [2.75, 3.05) is 25.6 Å². The minimum absolute atomic E-state index is 0. The zero-order valence-corrected chi connectivity index (χ0v) is 16.9. The summed E-state index contributed by atoms with van der Waals surface area (Å²) in [6.07, 6.45) is 6.86. The molecule has 7 nitrogen and oxygen atoms in total. The van der Waals surface area contributed by atoms with Gasteiger partial charge in [0.15, 0.2) is 5.79 Å². The molecule has 0 aliphatic heterocycles. The predicted octanol–water partition coefficient (Wildman–Crippen LogP) is 2.96. The summed E-state index contributed by atoms with van der Waals surface area (Å²) < 4.78 is 10.7. The van der Waals surface area contributed by atoms with E-state index in [-0.39, 0.29) is 24.6 Å². The van der Waals surface area contributed by atoms with E-state index in [1.807, 2.05) is 24.3 Å². The number of ether oxygens (including phenoxy) is 2. The highest BCUT2D eigenvalue weighted by Gasteiger charge is 2.25. The molecule has 0 saturated heterocycles. The number of benzene rings is 2. The quantitative estimate of drug-likeness (QED) is 0.310. The zero-order valence-electron chi connectivity index (χ0n) is 16.0. The van der Waals surface area contributed by atoms with Crippen molar-refractivity contribution < 1.29 is 19.7 Å². The van der Waals surface area contributed by atoms with Crippen LogP contribution in [0.4, 0.5) is 11.5 Å². The number of halogens is 1. The third-order valence-corrected chi connectivity index (χ3v) is 4.08. The van der Waals surface area contributed by atoms with Gasteiger partial charge in [-0.15, -0.1) is 18.8 Å². The average Bonchev–Trinajstić information content (AvgIpc) is 2.67. The van der Waals surface area contributed by atoms with Crippen LogP contribution in [0.2, 0.25) is 0 Å². The largest absolute Gasteiger partial charge is 0.491 e. The Morgan fingerprint density at radius 2 is 1.97 bits per heavy atom. The lowest BCUT2D eigenvalue weighted by molar-refractivity contribution is -0.153. The summed E-state index contributed by atoms with van der Waals surface area (Å²) in [5.41, 5.74) is 2.25. The first-order chi connectivity index (χ1) is 13.4. The third-order valence-electron chi connectivity index (χ3n) is 4.08. The van der Waals surface area contributed by atoms with Crippen molar-refractivity contribution in [3.8, 4) is 18.1 Å². The first kappa shape index (κ1) is 22.4.